The Morgan fingerprint density at radius 1 is 1.18 bits per heavy atom. The third-order valence-corrected chi connectivity index (χ3v) is 6.07. The van der Waals surface area contributed by atoms with E-state index in [0.29, 0.717) is 12.1 Å². The van der Waals surface area contributed by atoms with E-state index in [0.717, 1.165) is 53.1 Å². The molecule has 1 aromatic carbocycles. The molecule has 0 aliphatic carbocycles. The fourth-order valence-electron chi connectivity index (χ4n) is 3.81. The molecule has 3 aromatic rings. The van der Waals surface area contributed by atoms with Gasteiger partial charge in [0.15, 0.2) is 0 Å². The normalized spacial score (nSPS) is 11.0. The summed E-state index contributed by atoms with van der Waals surface area (Å²) in [6.45, 7) is 4.85. The molecule has 2 heterocycles. The fraction of sp³-hybridized carbons (Fsp3) is 0.348. The van der Waals surface area contributed by atoms with E-state index >= 15 is 0 Å². The van der Waals surface area contributed by atoms with Crippen LogP contribution in [0.4, 0.5) is 0 Å². The molecule has 0 radical (unpaired) electrons. The largest absolute Gasteiger partial charge is 0.496 e. The van der Waals surface area contributed by atoms with Crippen LogP contribution in [0.3, 0.4) is 0 Å². The Balaban J connectivity index is 2.17. The molecule has 0 bridgehead atoms. The van der Waals surface area contributed by atoms with E-state index in [1.165, 1.54) is 5.69 Å². The third-order valence-electron chi connectivity index (χ3n) is 5.18. The van der Waals surface area contributed by atoms with Crippen molar-refractivity contribution in [3.63, 3.8) is 0 Å². The van der Waals surface area contributed by atoms with Gasteiger partial charge >= 0.3 is 0 Å². The van der Waals surface area contributed by atoms with Gasteiger partial charge in [-0.3, -0.25) is 4.79 Å². The van der Waals surface area contributed by atoms with E-state index in [1.807, 2.05) is 36.6 Å². The van der Waals surface area contributed by atoms with Crippen LogP contribution in [0.1, 0.15) is 53.5 Å². The zero-order chi connectivity index (χ0) is 20.1. The van der Waals surface area contributed by atoms with E-state index < -0.39 is 0 Å². The van der Waals surface area contributed by atoms with Crippen molar-refractivity contribution in [1.82, 2.24) is 4.57 Å². The Labute approximate surface area is 171 Å². The first kappa shape index (κ1) is 20.2. The van der Waals surface area contributed by atoms with Gasteiger partial charge in [0.1, 0.15) is 5.75 Å². The van der Waals surface area contributed by atoms with Gasteiger partial charge in [-0.1, -0.05) is 44.0 Å². The number of primary amides is 1. The fourth-order valence-corrected chi connectivity index (χ4v) is 4.60. The number of ether oxygens (including phenoxy) is 1. The van der Waals surface area contributed by atoms with Crippen LogP contribution in [0.25, 0.3) is 10.4 Å². The molecule has 0 aliphatic heterocycles. The van der Waals surface area contributed by atoms with Crippen molar-refractivity contribution in [2.24, 2.45) is 5.73 Å². The van der Waals surface area contributed by atoms with Gasteiger partial charge in [0.2, 0.25) is 0 Å². The molecule has 148 valence electrons. The smallest absolute Gasteiger partial charge is 0.251 e. The van der Waals surface area contributed by atoms with Gasteiger partial charge in [0.05, 0.1) is 19.2 Å². The van der Waals surface area contributed by atoms with Gasteiger partial charge in [0.25, 0.3) is 5.91 Å². The van der Waals surface area contributed by atoms with E-state index in [9.17, 15) is 4.79 Å². The van der Waals surface area contributed by atoms with Crippen LogP contribution < -0.4 is 10.5 Å². The highest BCUT2D eigenvalue weighted by molar-refractivity contribution is 7.13. The molecule has 1 amide bonds. The number of carbonyl (C=O) groups excluding carboxylic acids is 1. The molecule has 2 aromatic heterocycles. The summed E-state index contributed by atoms with van der Waals surface area (Å²) in [6, 6.07) is 12.1. The van der Waals surface area contributed by atoms with Crippen molar-refractivity contribution < 1.29 is 9.53 Å². The minimum atomic E-state index is -0.364. The summed E-state index contributed by atoms with van der Waals surface area (Å²) in [7, 11) is 1.69. The van der Waals surface area contributed by atoms with Crippen LogP contribution in [-0.4, -0.2) is 17.6 Å². The quantitative estimate of drug-likeness (QED) is 0.491. The maximum Gasteiger partial charge on any atom is 0.251 e. The first-order chi connectivity index (χ1) is 13.6. The summed E-state index contributed by atoms with van der Waals surface area (Å²) in [5, 5.41) is 2.04. The van der Waals surface area contributed by atoms with E-state index in [-0.39, 0.29) is 5.91 Å². The number of nitrogens with two attached hydrogens (primary N) is 1. The first-order valence-corrected chi connectivity index (χ1v) is 10.6. The number of unbranched alkanes of at least 4 members (excludes halogenated alkanes) is 2. The van der Waals surface area contributed by atoms with Crippen LogP contribution in [0.2, 0.25) is 0 Å². The number of hydrogen-bond acceptors (Lipinski definition) is 3. The van der Waals surface area contributed by atoms with Gasteiger partial charge in [-0.2, -0.15) is 0 Å². The number of aromatic nitrogens is 1. The average molecular weight is 397 g/mol. The Morgan fingerprint density at radius 3 is 2.61 bits per heavy atom. The Kier molecular flexibility index (Phi) is 6.57. The number of benzene rings is 1. The minimum Gasteiger partial charge on any atom is -0.496 e. The molecular formula is C23H28N2O2S. The maximum atomic E-state index is 12.4. The molecule has 0 fully saturated rings. The van der Waals surface area contributed by atoms with Gasteiger partial charge in [-0.05, 0) is 37.3 Å². The molecule has 4 nitrogen and oxygen atoms in total. The van der Waals surface area contributed by atoms with Crippen LogP contribution in [0.5, 0.6) is 5.75 Å². The number of amides is 1. The summed E-state index contributed by atoms with van der Waals surface area (Å²) in [6.07, 6.45) is 4.32. The standard InChI is InChI=1S/C23H28N2O2S/c1-4-5-6-11-18-22(20-13-9-14-28-20)21(23(24)26)16(2)25(18)15-17-10-7-8-12-19(17)27-3/h7-10,12-14H,4-6,11,15H2,1-3H3,(H2,24,26). The molecule has 0 spiro atoms. The second-order valence-electron chi connectivity index (χ2n) is 6.98. The van der Waals surface area contributed by atoms with Crippen LogP contribution in [0, 0.1) is 6.92 Å². The Morgan fingerprint density at radius 2 is 1.96 bits per heavy atom. The lowest BCUT2D eigenvalue weighted by molar-refractivity contribution is 0.1000. The van der Waals surface area contributed by atoms with Crippen molar-refractivity contribution in [2.75, 3.05) is 7.11 Å². The van der Waals surface area contributed by atoms with E-state index in [2.05, 4.69) is 23.6 Å². The van der Waals surface area contributed by atoms with Crippen LogP contribution >= 0.6 is 11.3 Å². The van der Waals surface area contributed by atoms with E-state index in [1.54, 1.807) is 18.4 Å². The molecular weight excluding hydrogens is 368 g/mol. The lowest BCUT2D eigenvalue weighted by Crippen LogP contribution is -2.13. The molecule has 2 N–H and O–H groups in total. The molecule has 3 rings (SSSR count). The average Bonchev–Trinajstić information content (AvgIpc) is 3.30. The predicted molar refractivity (Wildman–Crippen MR) is 116 cm³/mol. The van der Waals surface area contributed by atoms with Gasteiger partial charge in [-0.25, -0.2) is 0 Å². The summed E-state index contributed by atoms with van der Waals surface area (Å²) in [5.74, 6) is 0.491. The predicted octanol–water partition coefficient (Wildman–Crippen LogP) is 5.41. The number of methoxy groups -OCH3 is 1. The molecule has 5 heteroatoms. The minimum absolute atomic E-state index is 0.364. The lowest BCUT2D eigenvalue weighted by atomic mass is 10.0. The highest BCUT2D eigenvalue weighted by Gasteiger charge is 2.25. The highest BCUT2D eigenvalue weighted by Crippen LogP contribution is 2.37. The molecule has 0 saturated heterocycles. The van der Waals surface area contributed by atoms with Crippen LogP contribution in [0.15, 0.2) is 41.8 Å². The van der Waals surface area contributed by atoms with Gasteiger partial charge in [0, 0.05) is 27.4 Å². The van der Waals surface area contributed by atoms with Crippen molar-refractivity contribution >= 4 is 17.2 Å². The molecule has 0 aliphatic rings. The molecule has 28 heavy (non-hydrogen) atoms. The lowest BCUT2D eigenvalue weighted by Gasteiger charge is -2.15. The SMILES string of the molecule is CCCCCc1c(-c2cccs2)c(C(N)=O)c(C)n1Cc1ccccc1OC. The summed E-state index contributed by atoms with van der Waals surface area (Å²) >= 11 is 1.65. The van der Waals surface area contributed by atoms with Crippen molar-refractivity contribution in [3.8, 4) is 16.2 Å². The van der Waals surface area contributed by atoms with Crippen molar-refractivity contribution in [1.29, 1.82) is 0 Å². The molecule has 0 saturated carbocycles. The van der Waals surface area contributed by atoms with Gasteiger partial charge < -0.3 is 15.0 Å². The van der Waals surface area contributed by atoms with Crippen molar-refractivity contribution in [3.05, 3.63) is 64.3 Å². The number of nitrogens with zero attached hydrogens (tertiary/aromatic N) is 1. The second kappa shape index (κ2) is 9.11. The van der Waals surface area contributed by atoms with Crippen molar-refractivity contribution in [2.45, 2.75) is 46.1 Å². The topological polar surface area (TPSA) is 57.2 Å². The molecule has 0 unspecified atom stereocenters. The molecule has 0 atom stereocenters. The highest BCUT2D eigenvalue weighted by atomic mass is 32.1. The number of thiophene rings is 1. The number of hydrogen-bond donors (Lipinski definition) is 1. The second-order valence-corrected chi connectivity index (χ2v) is 7.93. The zero-order valence-corrected chi connectivity index (χ0v) is 17.6. The number of carbonyl (C=O) groups is 1. The zero-order valence-electron chi connectivity index (χ0n) is 16.8. The summed E-state index contributed by atoms with van der Waals surface area (Å²) < 4.78 is 7.80. The Hall–Kier alpha value is -2.53. The number of para-hydroxylation sites is 1. The summed E-state index contributed by atoms with van der Waals surface area (Å²) in [4.78, 5) is 13.5. The van der Waals surface area contributed by atoms with Gasteiger partial charge in [-0.15, -0.1) is 11.3 Å². The number of rotatable bonds is 9. The monoisotopic (exact) mass is 396 g/mol. The first-order valence-electron chi connectivity index (χ1n) is 9.76. The van der Waals surface area contributed by atoms with Crippen LogP contribution in [-0.2, 0) is 13.0 Å². The summed E-state index contributed by atoms with van der Waals surface area (Å²) in [5.41, 5.74) is 10.7. The third kappa shape index (κ3) is 3.99. The Bertz CT molecular complexity index is 942. The van der Waals surface area contributed by atoms with E-state index in [4.69, 9.17) is 10.5 Å². The maximum absolute atomic E-state index is 12.4.